The van der Waals surface area contributed by atoms with Gasteiger partial charge in [-0.1, -0.05) is 30.1 Å². The zero-order valence-electron chi connectivity index (χ0n) is 7.90. The van der Waals surface area contributed by atoms with Gasteiger partial charge >= 0.3 is 0 Å². The van der Waals surface area contributed by atoms with Crippen molar-refractivity contribution >= 4 is 39.6 Å². The number of nitrogens with zero attached hydrogens (tertiary/aromatic N) is 1. The second-order valence-electron chi connectivity index (χ2n) is 2.82. The molecule has 74 valence electrons. The van der Waals surface area contributed by atoms with E-state index < -0.39 is 0 Å². The number of halogens is 2. The highest BCUT2D eigenvalue weighted by Gasteiger charge is 2.12. The Morgan fingerprint density at radius 1 is 1.64 bits per heavy atom. The molecule has 4 heteroatoms. The summed E-state index contributed by atoms with van der Waals surface area (Å²) in [5, 5.41) is 11.9. The molecule has 1 aromatic rings. The lowest BCUT2D eigenvalue weighted by Gasteiger charge is -1.99. The molecule has 0 fully saturated rings. The zero-order chi connectivity index (χ0) is 10.7. The molecule has 0 spiro atoms. The predicted molar refractivity (Wildman–Crippen MR) is 62.7 cm³/mol. The van der Waals surface area contributed by atoms with Gasteiger partial charge < -0.3 is 0 Å². The molecule has 0 atom stereocenters. The number of rotatable bonds is 2. The normalized spacial score (nSPS) is 12.2. The molecular formula is C10H9Cl2NS. The Hall–Kier alpha value is -0.490. The smallest absolute Gasteiger partial charge is 0.0963 e. The fourth-order valence-electron chi connectivity index (χ4n) is 0.998. The summed E-state index contributed by atoms with van der Waals surface area (Å²) in [6.45, 7) is 3.82. The molecule has 14 heavy (non-hydrogen) atoms. The van der Waals surface area contributed by atoms with Crippen LogP contribution in [0.1, 0.15) is 23.8 Å². The van der Waals surface area contributed by atoms with Crippen LogP contribution in [0.2, 0.25) is 5.02 Å². The number of thiophene rings is 1. The summed E-state index contributed by atoms with van der Waals surface area (Å²) in [5.74, 6) is 0. The largest absolute Gasteiger partial charge is 0.193 e. The molecule has 0 saturated carbocycles. The van der Waals surface area contributed by atoms with Crippen LogP contribution in [0.3, 0.4) is 0 Å². The Kier molecular flexibility index (Phi) is 4.00. The van der Waals surface area contributed by atoms with Crippen LogP contribution >= 0.6 is 34.5 Å². The highest BCUT2D eigenvalue weighted by molar-refractivity contribution is 7.12. The molecule has 1 heterocycles. The van der Waals surface area contributed by atoms with E-state index in [0.29, 0.717) is 22.0 Å². The minimum Gasteiger partial charge on any atom is -0.193 e. The molecule has 0 N–H and O–H groups in total. The van der Waals surface area contributed by atoms with Crippen LogP contribution in [0, 0.1) is 18.3 Å². The molecule has 0 aliphatic heterocycles. The minimum atomic E-state index is 0.484. The van der Waals surface area contributed by atoms with Crippen molar-refractivity contribution in [2.24, 2.45) is 0 Å². The average Bonchev–Trinajstić information content (AvgIpc) is 2.49. The molecule has 0 aromatic carbocycles. The van der Waals surface area contributed by atoms with Crippen LogP contribution in [0.25, 0.3) is 5.03 Å². The van der Waals surface area contributed by atoms with Gasteiger partial charge in [-0.05, 0) is 24.3 Å². The molecule has 0 bridgehead atoms. The monoisotopic (exact) mass is 245 g/mol. The topological polar surface area (TPSA) is 23.8 Å². The van der Waals surface area contributed by atoms with Gasteiger partial charge in [0.25, 0.3) is 0 Å². The summed E-state index contributed by atoms with van der Waals surface area (Å²) in [6.07, 6.45) is 0.628. The summed E-state index contributed by atoms with van der Waals surface area (Å²) in [6, 6.07) is 2.08. The fourth-order valence-corrected chi connectivity index (χ4v) is 2.70. The van der Waals surface area contributed by atoms with Crippen LogP contribution in [-0.2, 0) is 0 Å². The highest BCUT2D eigenvalue weighted by atomic mass is 35.5. The first kappa shape index (κ1) is 11.6. The van der Waals surface area contributed by atoms with Crippen LogP contribution < -0.4 is 0 Å². The number of hydrogen-bond acceptors (Lipinski definition) is 2. The van der Waals surface area contributed by atoms with Crippen LogP contribution in [-0.4, -0.2) is 0 Å². The maximum absolute atomic E-state index is 8.82. The van der Waals surface area contributed by atoms with E-state index in [-0.39, 0.29) is 0 Å². The van der Waals surface area contributed by atoms with E-state index in [2.05, 4.69) is 6.07 Å². The highest BCUT2D eigenvalue weighted by Crippen LogP contribution is 2.37. The lowest BCUT2D eigenvalue weighted by Crippen LogP contribution is -1.81. The van der Waals surface area contributed by atoms with E-state index in [9.17, 15) is 0 Å². The zero-order valence-corrected chi connectivity index (χ0v) is 10.2. The van der Waals surface area contributed by atoms with E-state index >= 15 is 0 Å². The summed E-state index contributed by atoms with van der Waals surface area (Å²) in [7, 11) is 0. The van der Waals surface area contributed by atoms with Crippen molar-refractivity contribution in [3.63, 3.8) is 0 Å². The van der Waals surface area contributed by atoms with Gasteiger partial charge in [-0.25, -0.2) is 0 Å². The Labute approximate surface area is 97.6 Å². The Bertz CT molecular complexity index is 412. The van der Waals surface area contributed by atoms with Gasteiger partial charge in [0.2, 0.25) is 0 Å². The van der Waals surface area contributed by atoms with Crippen molar-refractivity contribution in [3.8, 4) is 6.07 Å². The summed E-state index contributed by atoms with van der Waals surface area (Å²) in [4.78, 5) is 0.796. The second kappa shape index (κ2) is 4.84. The van der Waals surface area contributed by atoms with E-state index in [0.717, 1.165) is 10.4 Å². The van der Waals surface area contributed by atoms with Crippen LogP contribution in [0.15, 0.2) is 11.0 Å². The molecule has 0 saturated heterocycles. The summed E-state index contributed by atoms with van der Waals surface area (Å²) in [5.41, 5.74) is 1.58. The van der Waals surface area contributed by atoms with Gasteiger partial charge in [-0.15, -0.1) is 11.3 Å². The average molecular weight is 246 g/mol. The van der Waals surface area contributed by atoms with Gasteiger partial charge in [-0.3, -0.25) is 0 Å². The third kappa shape index (κ3) is 2.12. The quantitative estimate of drug-likeness (QED) is 0.700. The van der Waals surface area contributed by atoms with Crippen molar-refractivity contribution in [2.75, 3.05) is 0 Å². The number of aryl methyl sites for hydroxylation is 1. The van der Waals surface area contributed by atoms with Gasteiger partial charge in [0.1, 0.15) is 0 Å². The van der Waals surface area contributed by atoms with Crippen molar-refractivity contribution in [2.45, 2.75) is 20.3 Å². The Morgan fingerprint density at radius 3 is 2.64 bits per heavy atom. The molecule has 0 unspecified atom stereocenters. The van der Waals surface area contributed by atoms with Crippen molar-refractivity contribution < 1.29 is 0 Å². The molecule has 1 nitrogen and oxygen atoms in total. The lowest BCUT2D eigenvalue weighted by atomic mass is 10.2. The Morgan fingerprint density at radius 2 is 2.29 bits per heavy atom. The molecule has 0 aliphatic carbocycles. The van der Waals surface area contributed by atoms with Gasteiger partial charge in [0.05, 0.1) is 21.0 Å². The fraction of sp³-hybridized carbons (Fsp3) is 0.300. The molecule has 0 aliphatic rings. The predicted octanol–water partition coefficient (Wildman–Crippen LogP) is 4.59. The van der Waals surface area contributed by atoms with Crippen LogP contribution in [0.4, 0.5) is 0 Å². The number of nitriles is 1. The number of hydrogen-bond donors (Lipinski definition) is 0. The maximum Gasteiger partial charge on any atom is 0.0963 e. The number of allylic oxidation sites excluding steroid dienone is 1. The molecule has 1 rings (SSSR count). The third-order valence-electron chi connectivity index (χ3n) is 1.85. The van der Waals surface area contributed by atoms with Gasteiger partial charge in [0, 0.05) is 5.57 Å². The first-order valence-corrected chi connectivity index (χ1v) is 5.78. The van der Waals surface area contributed by atoms with Crippen molar-refractivity contribution in [1.29, 1.82) is 5.26 Å². The first-order valence-electron chi connectivity index (χ1n) is 4.14. The third-order valence-corrected chi connectivity index (χ3v) is 4.10. The molecule has 0 amide bonds. The van der Waals surface area contributed by atoms with E-state index in [1.54, 1.807) is 0 Å². The Balaban J connectivity index is 3.25. The molecule has 0 radical (unpaired) electrons. The standard InChI is InChI=1S/C10H9Cl2NS/c1-3-7(4-13)9(12)10-8(11)6(2)5-14-10/h5H,3H2,1-2H3/b9-7-. The van der Waals surface area contributed by atoms with E-state index in [4.69, 9.17) is 28.5 Å². The van der Waals surface area contributed by atoms with Crippen LogP contribution in [0.5, 0.6) is 0 Å². The van der Waals surface area contributed by atoms with Gasteiger partial charge in [0.15, 0.2) is 0 Å². The van der Waals surface area contributed by atoms with Crippen molar-refractivity contribution in [1.82, 2.24) is 0 Å². The lowest BCUT2D eigenvalue weighted by molar-refractivity contribution is 1.16. The van der Waals surface area contributed by atoms with Gasteiger partial charge in [-0.2, -0.15) is 5.26 Å². The first-order chi connectivity index (χ1) is 6.61. The maximum atomic E-state index is 8.82. The summed E-state index contributed by atoms with van der Waals surface area (Å²) >= 11 is 13.6. The molecule has 1 aromatic heterocycles. The SMILES string of the molecule is CC/C(C#N)=C(/Cl)c1scc(C)c1Cl. The van der Waals surface area contributed by atoms with E-state index in [1.807, 2.05) is 19.2 Å². The van der Waals surface area contributed by atoms with Crippen molar-refractivity contribution in [3.05, 3.63) is 26.4 Å². The summed E-state index contributed by atoms with van der Waals surface area (Å²) < 4.78 is 0. The van der Waals surface area contributed by atoms with E-state index in [1.165, 1.54) is 11.3 Å². The second-order valence-corrected chi connectivity index (χ2v) is 4.46. The molecular weight excluding hydrogens is 237 g/mol. The minimum absolute atomic E-state index is 0.484.